The van der Waals surface area contributed by atoms with Crippen molar-refractivity contribution >= 4 is 11.7 Å². The minimum atomic E-state index is -0.428. The predicted octanol–water partition coefficient (Wildman–Crippen LogP) is 0.157. The standard InChI is InChI=1S/C15H22N4O3/c1-11-9-14(17-12(2)16-11)19-5-8-22-13(10-19)15(20)18-3-6-21-7-4-18/h9,13H,3-8,10H2,1-2H3. The molecule has 0 aliphatic carbocycles. The molecule has 22 heavy (non-hydrogen) atoms. The first-order chi connectivity index (χ1) is 10.6. The van der Waals surface area contributed by atoms with Gasteiger partial charge >= 0.3 is 0 Å². The molecule has 0 saturated carbocycles. The summed E-state index contributed by atoms with van der Waals surface area (Å²) < 4.78 is 11.0. The van der Waals surface area contributed by atoms with E-state index in [0.717, 1.165) is 23.9 Å². The molecule has 0 bridgehead atoms. The molecule has 2 aliphatic heterocycles. The molecule has 3 heterocycles. The number of carbonyl (C=O) groups is 1. The second kappa shape index (κ2) is 6.58. The lowest BCUT2D eigenvalue weighted by molar-refractivity contribution is -0.148. The number of amides is 1. The molecular formula is C15H22N4O3. The van der Waals surface area contributed by atoms with Gasteiger partial charge in [-0.1, -0.05) is 0 Å². The van der Waals surface area contributed by atoms with Gasteiger partial charge in [0.2, 0.25) is 0 Å². The maximum absolute atomic E-state index is 12.5. The fourth-order valence-electron chi connectivity index (χ4n) is 2.85. The van der Waals surface area contributed by atoms with Gasteiger partial charge in [0.05, 0.1) is 26.4 Å². The van der Waals surface area contributed by atoms with Gasteiger partial charge in [-0.3, -0.25) is 4.79 Å². The van der Waals surface area contributed by atoms with Gasteiger partial charge in [0.25, 0.3) is 5.91 Å². The summed E-state index contributed by atoms with van der Waals surface area (Å²) in [4.78, 5) is 25.3. The topological polar surface area (TPSA) is 67.8 Å². The van der Waals surface area contributed by atoms with Gasteiger partial charge in [-0.25, -0.2) is 9.97 Å². The monoisotopic (exact) mass is 306 g/mol. The molecule has 7 heteroatoms. The third-order valence-corrected chi connectivity index (χ3v) is 3.94. The van der Waals surface area contributed by atoms with E-state index in [1.165, 1.54) is 0 Å². The summed E-state index contributed by atoms with van der Waals surface area (Å²) in [6.45, 7) is 8.13. The molecule has 2 fully saturated rings. The Bertz CT molecular complexity index is 525. The highest BCUT2D eigenvalue weighted by molar-refractivity contribution is 5.82. The second-order valence-electron chi connectivity index (χ2n) is 5.66. The molecule has 1 aromatic rings. The molecule has 3 rings (SSSR count). The minimum absolute atomic E-state index is 0.0514. The van der Waals surface area contributed by atoms with Crippen LogP contribution in [-0.2, 0) is 14.3 Å². The van der Waals surface area contributed by atoms with E-state index in [4.69, 9.17) is 9.47 Å². The normalized spacial score (nSPS) is 22.7. The number of morpholine rings is 2. The van der Waals surface area contributed by atoms with Crippen molar-refractivity contribution in [1.82, 2.24) is 14.9 Å². The lowest BCUT2D eigenvalue weighted by atomic mass is 10.2. The summed E-state index contributed by atoms with van der Waals surface area (Å²) in [6.07, 6.45) is -0.428. The van der Waals surface area contributed by atoms with Gasteiger partial charge in [-0.05, 0) is 13.8 Å². The van der Waals surface area contributed by atoms with E-state index in [2.05, 4.69) is 14.9 Å². The number of nitrogens with zero attached hydrogens (tertiary/aromatic N) is 4. The minimum Gasteiger partial charge on any atom is -0.378 e. The summed E-state index contributed by atoms with van der Waals surface area (Å²) in [5.41, 5.74) is 0.935. The number of aryl methyl sites for hydroxylation is 2. The lowest BCUT2D eigenvalue weighted by Crippen LogP contribution is -2.53. The Kier molecular flexibility index (Phi) is 4.54. The molecule has 0 spiro atoms. The third kappa shape index (κ3) is 3.36. The maximum atomic E-state index is 12.5. The molecule has 0 radical (unpaired) electrons. The van der Waals surface area contributed by atoms with Crippen molar-refractivity contribution in [3.05, 3.63) is 17.6 Å². The van der Waals surface area contributed by atoms with Crippen LogP contribution in [0.5, 0.6) is 0 Å². The van der Waals surface area contributed by atoms with Gasteiger partial charge in [0.1, 0.15) is 11.6 Å². The summed E-state index contributed by atoms with van der Waals surface area (Å²) in [7, 11) is 0. The fourth-order valence-corrected chi connectivity index (χ4v) is 2.85. The van der Waals surface area contributed by atoms with Crippen LogP contribution in [-0.4, -0.2) is 72.9 Å². The molecule has 1 atom stereocenters. The van der Waals surface area contributed by atoms with Crippen molar-refractivity contribution in [1.29, 1.82) is 0 Å². The Labute approximate surface area is 130 Å². The van der Waals surface area contributed by atoms with E-state index in [1.807, 2.05) is 24.8 Å². The number of hydrogen-bond acceptors (Lipinski definition) is 6. The van der Waals surface area contributed by atoms with Crippen LogP contribution in [0.3, 0.4) is 0 Å². The molecule has 2 aliphatic rings. The Morgan fingerprint density at radius 1 is 1.18 bits per heavy atom. The number of hydrogen-bond donors (Lipinski definition) is 0. The Morgan fingerprint density at radius 2 is 1.95 bits per heavy atom. The van der Waals surface area contributed by atoms with Gasteiger partial charge < -0.3 is 19.3 Å². The van der Waals surface area contributed by atoms with E-state index in [0.29, 0.717) is 39.5 Å². The van der Waals surface area contributed by atoms with Crippen molar-refractivity contribution in [2.45, 2.75) is 20.0 Å². The summed E-state index contributed by atoms with van der Waals surface area (Å²) in [5.74, 6) is 1.67. The lowest BCUT2D eigenvalue weighted by Gasteiger charge is -2.36. The first-order valence-corrected chi connectivity index (χ1v) is 7.69. The van der Waals surface area contributed by atoms with E-state index in [9.17, 15) is 4.79 Å². The number of carbonyl (C=O) groups excluding carboxylic acids is 1. The van der Waals surface area contributed by atoms with Crippen molar-refractivity contribution in [2.24, 2.45) is 0 Å². The Hall–Kier alpha value is -1.73. The zero-order valence-electron chi connectivity index (χ0n) is 13.1. The number of aromatic nitrogens is 2. The first kappa shape index (κ1) is 15.2. The first-order valence-electron chi connectivity index (χ1n) is 7.69. The van der Waals surface area contributed by atoms with E-state index >= 15 is 0 Å². The zero-order chi connectivity index (χ0) is 15.5. The highest BCUT2D eigenvalue weighted by atomic mass is 16.5. The maximum Gasteiger partial charge on any atom is 0.253 e. The molecular weight excluding hydrogens is 284 g/mol. The van der Waals surface area contributed by atoms with E-state index < -0.39 is 6.10 Å². The van der Waals surface area contributed by atoms with Crippen molar-refractivity contribution in [3.63, 3.8) is 0 Å². The zero-order valence-corrected chi connectivity index (χ0v) is 13.1. The van der Waals surface area contributed by atoms with Gasteiger partial charge in [-0.15, -0.1) is 0 Å². The number of anilines is 1. The molecule has 1 unspecified atom stereocenters. The highest BCUT2D eigenvalue weighted by Gasteiger charge is 2.31. The van der Waals surface area contributed by atoms with Crippen LogP contribution in [0.25, 0.3) is 0 Å². The number of rotatable bonds is 2. The van der Waals surface area contributed by atoms with Gasteiger partial charge in [0.15, 0.2) is 6.10 Å². The van der Waals surface area contributed by atoms with Crippen LogP contribution in [0.4, 0.5) is 5.82 Å². The fraction of sp³-hybridized carbons (Fsp3) is 0.667. The molecule has 7 nitrogen and oxygen atoms in total. The molecule has 120 valence electrons. The van der Waals surface area contributed by atoms with Crippen LogP contribution in [0, 0.1) is 13.8 Å². The quantitative estimate of drug-likeness (QED) is 0.775. The molecule has 1 aromatic heterocycles. The average molecular weight is 306 g/mol. The summed E-state index contributed by atoms with van der Waals surface area (Å²) >= 11 is 0. The van der Waals surface area contributed by atoms with Crippen LogP contribution in [0.2, 0.25) is 0 Å². The summed E-state index contributed by atoms with van der Waals surface area (Å²) in [5, 5.41) is 0. The molecule has 2 saturated heterocycles. The smallest absolute Gasteiger partial charge is 0.253 e. The highest BCUT2D eigenvalue weighted by Crippen LogP contribution is 2.17. The SMILES string of the molecule is Cc1cc(N2CCOC(C(=O)N3CCOCC3)C2)nc(C)n1. The van der Waals surface area contributed by atoms with Gasteiger partial charge in [0, 0.05) is 31.4 Å². The van der Waals surface area contributed by atoms with E-state index in [1.54, 1.807) is 0 Å². The molecule has 0 aromatic carbocycles. The number of ether oxygens (including phenoxy) is 2. The van der Waals surface area contributed by atoms with Crippen molar-refractivity contribution in [2.75, 3.05) is 50.9 Å². The molecule has 0 N–H and O–H groups in total. The predicted molar refractivity (Wildman–Crippen MR) is 80.9 cm³/mol. The van der Waals surface area contributed by atoms with Crippen LogP contribution < -0.4 is 4.90 Å². The third-order valence-electron chi connectivity index (χ3n) is 3.94. The Balaban J connectivity index is 1.69. The largest absolute Gasteiger partial charge is 0.378 e. The van der Waals surface area contributed by atoms with Crippen molar-refractivity contribution < 1.29 is 14.3 Å². The summed E-state index contributed by atoms with van der Waals surface area (Å²) in [6, 6.07) is 1.95. The van der Waals surface area contributed by atoms with Crippen LogP contribution >= 0.6 is 0 Å². The Morgan fingerprint density at radius 3 is 2.68 bits per heavy atom. The van der Waals surface area contributed by atoms with Gasteiger partial charge in [-0.2, -0.15) is 0 Å². The van der Waals surface area contributed by atoms with Crippen LogP contribution in [0.1, 0.15) is 11.5 Å². The molecule has 1 amide bonds. The van der Waals surface area contributed by atoms with E-state index in [-0.39, 0.29) is 5.91 Å². The van der Waals surface area contributed by atoms with Crippen LogP contribution in [0.15, 0.2) is 6.07 Å². The second-order valence-corrected chi connectivity index (χ2v) is 5.66. The average Bonchev–Trinajstić information content (AvgIpc) is 2.54. The van der Waals surface area contributed by atoms with Crippen molar-refractivity contribution in [3.8, 4) is 0 Å².